The van der Waals surface area contributed by atoms with Crippen LogP contribution in [0.1, 0.15) is 31.1 Å². The third kappa shape index (κ3) is 3.58. The molecule has 0 unspecified atom stereocenters. The minimum atomic E-state index is -0.0625. The summed E-state index contributed by atoms with van der Waals surface area (Å²) in [6.07, 6.45) is 0. The van der Waals surface area contributed by atoms with Gasteiger partial charge >= 0.3 is 0 Å². The number of hydrogen-bond acceptors (Lipinski definition) is 4. The van der Waals surface area contributed by atoms with Crippen LogP contribution >= 0.6 is 0 Å². The molecule has 0 aliphatic heterocycles. The minimum Gasteiger partial charge on any atom is -0.493 e. The quantitative estimate of drug-likeness (QED) is 0.728. The highest BCUT2D eigenvalue weighted by Gasteiger charge is 2.12. The van der Waals surface area contributed by atoms with Crippen LogP contribution in [0.5, 0.6) is 11.5 Å². The lowest BCUT2D eigenvalue weighted by Gasteiger charge is -2.11. The normalized spacial score (nSPS) is 10.3. The van der Waals surface area contributed by atoms with Crippen LogP contribution in [-0.4, -0.2) is 25.3 Å². The summed E-state index contributed by atoms with van der Waals surface area (Å²) in [6, 6.07) is 4.90. The van der Waals surface area contributed by atoms with Gasteiger partial charge in [0.05, 0.1) is 7.11 Å². The fourth-order valence-corrected chi connectivity index (χ4v) is 1.32. The molecule has 0 amide bonds. The van der Waals surface area contributed by atoms with Crippen molar-refractivity contribution in [2.45, 2.75) is 20.8 Å². The van der Waals surface area contributed by atoms with Crippen LogP contribution in [0.2, 0.25) is 0 Å². The van der Waals surface area contributed by atoms with Crippen LogP contribution in [0.15, 0.2) is 18.2 Å². The van der Waals surface area contributed by atoms with Gasteiger partial charge in [-0.1, -0.05) is 13.8 Å². The molecule has 0 aromatic heterocycles. The van der Waals surface area contributed by atoms with Crippen LogP contribution in [0, 0.1) is 5.92 Å². The second kappa shape index (κ2) is 6.19. The van der Waals surface area contributed by atoms with E-state index in [0.717, 1.165) is 0 Å². The predicted octanol–water partition coefficient (Wildman–Crippen LogP) is 2.50. The molecule has 0 atom stereocenters. The number of ketones is 2. The summed E-state index contributed by atoms with van der Waals surface area (Å²) in [6.45, 7) is 5.13. The van der Waals surface area contributed by atoms with Crippen molar-refractivity contribution in [1.29, 1.82) is 0 Å². The van der Waals surface area contributed by atoms with E-state index in [0.29, 0.717) is 17.1 Å². The SMILES string of the molecule is COc1cc(C(C)=O)ccc1OCC(=O)C(C)C. The van der Waals surface area contributed by atoms with Gasteiger partial charge in [0, 0.05) is 11.5 Å². The lowest BCUT2D eigenvalue weighted by molar-refractivity contribution is -0.123. The van der Waals surface area contributed by atoms with E-state index in [1.54, 1.807) is 18.2 Å². The van der Waals surface area contributed by atoms with Gasteiger partial charge in [-0.3, -0.25) is 9.59 Å². The summed E-state index contributed by atoms with van der Waals surface area (Å²) in [5.41, 5.74) is 0.550. The predicted molar refractivity (Wildman–Crippen MR) is 68.3 cm³/mol. The van der Waals surface area contributed by atoms with Crippen LogP contribution in [-0.2, 0) is 4.79 Å². The van der Waals surface area contributed by atoms with Crippen molar-refractivity contribution in [3.63, 3.8) is 0 Å². The molecule has 0 saturated carbocycles. The Morgan fingerprint density at radius 3 is 2.39 bits per heavy atom. The molecule has 0 bridgehead atoms. The van der Waals surface area contributed by atoms with Gasteiger partial charge < -0.3 is 9.47 Å². The molecule has 0 N–H and O–H groups in total. The summed E-state index contributed by atoms with van der Waals surface area (Å²) in [5.74, 6) is 0.842. The summed E-state index contributed by atoms with van der Waals surface area (Å²) < 4.78 is 10.5. The molecule has 0 saturated heterocycles. The molecule has 4 heteroatoms. The van der Waals surface area contributed by atoms with Gasteiger partial charge in [-0.05, 0) is 25.1 Å². The zero-order chi connectivity index (χ0) is 13.7. The maximum atomic E-state index is 11.5. The van der Waals surface area contributed by atoms with Gasteiger partial charge in [-0.15, -0.1) is 0 Å². The first-order valence-electron chi connectivity index (χ1n) is 5.80. The van der Waals surface area contributed by atoms with Crippen LogP contribution in [0.4, 0.5) is 0 Å². The van der Waals surface area contributed by atoms with Gasteiger partial charge in [-0.2, -0.15) is 0 Å². The molecular weight excluding hydrogens is 232 g/mol. The Kier molecular flexibility index (Phi) is 4.89. The van der Waals surface area contributed by atoms with E-state index in [1.807, 2.05) is 13.8 Å². The molecular formula is C14H18O4. The first kappa shape index (κ1) is 14.2. The van der Waals surface area contributed by atoms with Crippen molar-refractivity contribution >= 4 is 11.6 Å². The molecule has 1 rings (SSSR count). The van der Waals surface area contributed by atoms with Crippen molar-refractivity contribution in [3.8, 4) is 11.5 Å². The number of hydrogen-bond donors (Lipinski definition) is 0. The van der Waals surface area contributed by atoms with E-state index in [1.165, 1.54) is 14.0 Å². The van der Waals surface area contributed by atoms with Gasteiger partial charge in [0.25, 0.3) is 0 Å². The number of ether oxygens (including phenoxy) is 2. The third-order valence-corrected chi connectivity index (χ3v) is 2.58. The maximum Gasteiger partial charge on any atom is 0.172 e. The van der Waals surface area contributed by atoms with Crippen molar-refractivity contribution in [1.82, 2.24) is 0 Å². The Bertz CT molecular complexity index is 449. The Labute approximate surface area is 107 Å². The first-order valence-corrected chi connectivity index (χ1v) is 5.80. The summed E-state index contributed by atoms with van der Waals surface area (Å²) in [5, 5.41) is 0. The zero-order valence-electron chi connectivity index (χ0n) is 11.1. The molecule has 0 heterocycles. The third-order valence-electron chi connectivity index (χ3n) is 2.58. The van der Waals surface area contributed by atoms with E-state index in [-0.39, 0.29) is 24.1 Å². The molecule has 1 aromatic carbocycles. The van der Waals surface area contributed by atoms with Gasteiger partial charge in [0.15, 0.2) is 23.1 Å². The van der Waals surface area contributed by atoms with Gasteiger partial charge in [-0.25, -0.2) is 0 Å². The Morgan fingerprint density at radius 1 is 1.22 bits per heavy atom. The number of carbonyl (C=O) groups excluding carboxylic acids is 2. The summed E-state index contributed by atoms with van der Waals surface area (Å²) in [4.78, 5) is 22.7. The molecule has 18 heavy (non-hydrogen) atoms. The number of rotatable bonds is 6. The van der Waals surface area contributed by atoms with Gasteiger partial charge in [0.1, 0.15) is 6.61 Å². The average Bonchev–Trinajstić information content (AvgIpc) is 2.35. The van der Waals surface area contributed by atoms with E-state index in [2.05, 4.69) is 0 Å². The smallest absolute Gasteiger partial charge is 0.172 e. The Morgan fingerprint density at radius 2 is 1.89 bits per heavy atom. The number of carbonyl (C=O) groups is 2. The number of methoxy groups -OCH3 is 1. The van der Waals surface area contributed by atoms with E-state index < -0.39 is 0 Å². The standard InChI is InChI=1S/C14H18O4/c1-9(2)12(16)8-18-13-6-5-11(10(3)15)7-14(13)17-4/h5-7,9H,8H2,1-4H3. The molecule has 0 radical (unpaired) electrons. The fraction of sp³-hybridized carbons (Fsp3) is 0.429. The molecule has 1 aromatic rings. The van der Waals surface area contributed by atoms with E-state index in [9.17, 15) is 9.59 Å². The molecule has 0 aliphatic rings. The fourth-order valence-electron chi connectivity index (χ4n) is 1.32. The first-order chi connectivity index (χ1) is 8.45. The maximum absolute atomic E-state index is 11.5. The van der Waals surface area contributed by atoms with Crippen LogP contribution in [0.25, 0.3) is 0 Å². The van der Waals surface area contributed by atoms with Crippen molar-refractivity contribution in [2.75, 3.05) is 13.7 Å². The average molecular weight is 250 g/mol. The van der Waals surface area contributed by atoms with E-state index in [4.69, 9.17) is 9.47 Å². The molecule has 0 spiro atoms. The second-order valence-electron chi connectivity index (χ2n) is 4.33. The van der Waals surface area contributed by atoms with Crippen molar-refractivity contribution in [3.05, 3.63) is 23.8 Å². The highest BCUT2D eigenvalue weighted by atomic mass is 16.5. The molecule has 0 aliphatic carbocycles. The zero-order valence-corrected chi connectivity index (χ0v) is 11.1. The Hall–Kier alpha value is -1.84. The minimum absolute atomic E-state index is 0.00739. The number of benzene rings is 1. The highest BCUT2D eigenvalue weighted by Crippen LogP contribution is 2.28. The molecule has 4 nitrogen and oxygen atoms in total. The lowest BCUT2D eigenvalue weighted by atomic mass is 10.1. The van der Waals surface area contributed by atoms with Crippen LogP contribution < -0.4 is 9.47 Å². The molecule has 98 valence electrons. The van der Waals surface area contributed by atoms with E-state index >= 15 is 0 Å². The molecule has 0 fully saturated rings. The summed E-state index contributed by atoms with van der Waals surface area (Å²) >= 11 is 0. The van der Waals surface area contributed by atoms with Crippen LogP contribution in [0.3, 0.4) is 0 Å². The second-order valence-corrected chi connectivity index (χ2v) is 4.33. The highest BCUT2D eigenvalue weighted by molar-refractivity contribution is 5.94. The largest absolute Gasteiger partial charge is 0.493 e. The summed E-state index contributed by atoms with van der Waals surface area (Å²) in [7, 11) is 1.50. The van der Waals surface area contributed by atoms with Crippen molar-refractivity contribution < 1.29 is 19.1 Å². The lowest BCUT2D eigenvalue weighted by Crippen LogP contribution is -2.17. The van der Waals surface area contributed by atoms with Crippen molar-refractivity contribution in [2.24, 2.45) is 5.92 Å². The number of Topliss-reactive ketones (excluding diaryl/α,β-unsaturated/α-hetero) is 2. The topological polar surface area (TPSA) is 52.6 Å². The monoisotopic (exact) mass is 250 g/mol. The Balaban J connectivity index is 2.83. The van der Waals surface area contributed by atoms with Gasteiger partial charge in [0.2, 0.25) is 0 Å².